The fourth-order valence-electron chi connectivity index (χ4n) is 6.09. The molecule has 228 valence electrons. The molecule has 2 aromatic heterocycles. The lowest BCUT2D eigenvalue weighted by Gasteiger charge is -2.45. The highest BCUT2D eigenvalue weighted by Gasteiger charge is 2.61. The summed E-state index contributed by atoms with van der Waals surface area (Å²) in [6.45, 7) is 1.96. The van der Waals surface area contributed by atoms with Gasteiger partial charge in [-0.25, -0.2) is 17.7 Å². The fraction of sp³-hybridized carbons (Fsp3) is 0.258. The molecule has 1 atom stereocenters. The average Bonchev–Trinajstić information content (AvgIpc) is 3.32. The second kappa shape index (κ2) is 11.6. The third kappa shape index (κ3) is 4.61. The topological polar surface area (TPSA) is 114 Å². The molecule has 13 heteroatoms. The van der Waals surface area contributed by atoms with Gasteiger partial charge in [0, 0.05) is 72.7 Å². The molecular weight excluding hydrogens is 606 g/mol. The summed E-state index contributed by atoms with van der Waals surface area (Å²) in [5.74, 6) is -0.0572. The number of nitrogens with zero attached hydrogens (tertiary/aromatic N) is 5. The number of halogens is 1. The molecule has 1 fully saturated rings. The Bertz CT molecular complexity index is 1820. The Labute approximate surface area is 260 Å². The van der Waals surface area contributed by atoms with Crippen molar-refractivity contribution in [2.45, 2.75) is 10.4 Å². The van der Waals surface area contributed by atoms with Crippen LogP contribution in [0, 0.1) is 0 Å². The van der Waals surface area contributed by atoms with Gasteiger partial charge >= 0.3 is 0 Å². The van der Waals surface area contributed by atoms with Crippen molar-refractivity contribution in [3.05, 3.63) is 95.4 Å². The number of anilines is 2. The maximum Gasteiger partial charge on any atom is 0.274 e. The van der Waals surface area contributed by atoms with Gasteiger partial charge in [-0.3, -0.25) is 14.7 Å². The maximum atomic E-state index is 15.1. The zero-order valence-electron chi connectivity index (χ0n) is 24.3. The van der Waals surface area contributed by atoms with Gasteiger partial charge < -0.3 is 19.1 Å². The Morgan fingerprint density at radius 3 is 2.27 bits per heavy atom. The van der Waals surface area contributed by atoms with Crippen LogP contribution in [0.2, 0.25) is 5.02 Å². The number of amides is 1. The lowest BCUT2D eigenvalue weighted by atomic mass is 9.82. The molecule has 11 nitrogen and oxygen atoms in total. The molecule has 0 aliphatic carbocycles. The SMILES string of the molecule is COc1ccc(S(=O)(=O)N2C(=O)C(c3cccnc3OC)(N3CCN(c4ccncc4)CC3)c3cc(Cl)ccc32)c(OC)c1. The second-order valence-electron chi connectivity index (χ2n) is 10.2. The van der Waals surface area contributed by atoms with E-state index in [1.807, 2.05) is 17.0 Å². The summed E-state index contributed by atoms with van der Waals surface area (Å²) < 4.78 is 46.3. The number of pyridine rings is 2. The Morgan fingerprint density at radius 2 is 1.59 bits per heavy atom. The van der Waals surface area contributed by atoms with Crippen LogP contribution in [0.3, 0.4) is 0 Å². The second-order valence-corrected chi connectivity index (χ2v) is 12.4. The molecule has 0 radical (unpaired) electrons. The molecule has 0 N–H and O–H groups in total. The predicted molar refractivity (Wildman–Crippen MR) is 165 cm³/mol. The number of benzene rings is 2. The van der Waals surface area contributed by atoms with E-state index >= 15 is 4.79 Å². The summed E-state index contributed by atoms with van der Waals surface area (Å²) in [6.07, 6.45) is 5.03. The van der Waals surface area contributed by atoms with Gasteiger partial charge in [0.05, 0.1) is 27.0 Å². The van der Waals surface area contributed by atoms with Crippen LogP contribution in [0.4, 0.5) is 11.4 Å². The Hall–Kier alpha value is -4.39. The Morgan fingerprint density at radius 1 is 0.841 bits per heavy atom. The zero-order valence-corrected chi connectivity index (χ0v) is 25.9. The van der Waals surface area contributed by atoms with Gasteiger partial charge in [-0.05, 0) is 54.6 Å². The van der Waals surface area contributed by atoms with E-state index in [9.17, 15) is 8.42 Å². The molecule has 1 saturated heterocycles. The third-order valence-electron chi connectivity index (χ3n) is 8.09. The molecular formula is C31H30ClN5O6S. The molecule has 4 heterocycles. The van der Waals surface area contributed by atoms with E-state index in [1.165, 1.54) is 39.5 Å². The van der Waals surface area contributed by atoms with Crippen molar-refractivity contribution in [2.24, 2.45) is 0 Å². The number of carbonyl (C=O) groups excluding carboxylic acids is 1. The van der Waals surface area contributed by atoms with Crippen LogP contribution in [0.15, 0.2) is 84.1 Å². The number of aromatic nitrogens is 2. The van der Waals surface area contributed by atoms with Crippen LogP contribution >= 0.6 is 11.6 Å². The molecule has 44 heavy (non-hydrogen) atoms. The van der Waals surface area contributed by atoms with Crippen molar-refractivity contribution >= 4 is 38.9 Å². The summed E-state index contributed by atoms with van der Waals surface area (Å²) in [5, 5.41) is 0.348. The molecule has 2 aliphatic rings. The van der Waals surface area contributed by atoms with Crippen molar-refractivity contribution in [3.8, 4) is 17.4 Å². The summed E-state index contributed by atoms with van der Waals surface area (Å²) in [7, 11) is -0.219. The molecule has 4 aromatic rings. The summed E-state index contributed by atoms with van der Waals surface area (Å²) in [4.78, 5) is 27.7. The van der Waals surface area contributed by atoms with Crippen LogP contribution in [-0.4, -0.2) is 76.7 Å². The highest BCUT2D eigenvalue weighted by Crippen LogP contribution is 2.53. The molecule has 0 saturated carbocycles. The summed E-state index contributed by atoms with van der Waals surface area (Å²) in [6, 6.07) is 16.4. The van der Waals surface area contributed by atoms with Gasteiger partial charge in [-0.15, -0.1) is 0 Å². The lowest BCUT2D eigenvalue weighted by molar-refractivity contribution is -0.127. The Kier molecular flexibility index (Phi) is 7.82. The molecule has 2 aliphatic heterocycles. The van der Waals surface area contributed by atoms with Crippen LogP contribution in [0.25, 0.3) is 0 Å². The molecule has 0 bridgehead atoms. The van der Waals surface area contributed by atoms with E-state index in [0.717, 1.165) is 9.99 Å². The van der Waals surface area contributed by atoms with Gasteiger partial charge in [0.15, 0.2) is 5.54 Å². The first-order valence-electron chi connectivity index (χ1n) is 13.8. The highest BCUT2D eigenvalue weighted by molar-refractivity contribution is 7.93. The van der Waals surface area contributed by atoms with Crippen molar-refractivity contribution in [2.75, 3.05) is 56.7 Å². The minimum absolute atomic E-state index is 0.0371. The largest absolute Gasteiger partial charge is 0.497 e. The normalized spacial score (nSPS) is 18.7. The number of hydrogen-bond donors (Lipinski definition) is 0. The van der Waals surface area contributed by atoms with E-state index in [4.69, 9.17) is 25.8 Å². The number of sulfonamides is 1. The number of fused-ring (bicyclic) bond motifs is 1. The van der Waals surface area contributed by atoms with E-state index < -0.39 is 21.5 Å². The minimum atomic E-state index is -4.52. The molecule has 6 rings (SSSR count). The number of hydrogen-bond acceptors (Lipinski definition) is 10. The standard InChI is InChI=1S/C31H30ClN5O6S/c1-41-23-7-9-28(27(20-23)42-2)44(39,40)37-26-8-6-21(32)19-25(26)31(30(37)38,24-5-4-12-34-29(24)43-3)36-17-15-35(16-18-36)22-10-13-33-14-11-22/h4-14,19-20H,15-18H2,1-3H3. The van der Waals surface area contributed by atoms with Gasteiger partial charge in [0.25, 0.3) is 15.9 Å². The van der Waals surface area contributed by atoms with Gasteiger partial charge in [-0.2, -0.15) is 0 Å². The fourth-order valence-corrected chi connectivity index (χ4v) is 7.87. The van der Waals surface area contributed by atoms with E-state index in [2.05, 4.69) is 14.9 Å². The van der Waals surface area contributed by atoms with Crippen molar-refractivity contribution in [3.63, 3.8) is 0 Å². The number of carbonyl (C=O) groups is 1. The van der Waals surface area contributed by atoms with E-state index in [1.54, 1.807) is 48.9 Å². The van der Waals surface area contributed by atoms with E-state index in [-0.39, 0.29) is 22.2 Å². The van der Waals surface area contributed by atoms with Crippen LogP contribution in [0.5, 0.6) is 17.4 Å². The first-order valence-corrected chi connectivity index (χ1v) is 15.6. The van der Waals surface area contributed by atoms with Gasteiger partial charge in [0.2, 0.25) is 5.88 Å². The molecule has 0 spiro atoms. The lowest BCUT2D eigenvalue weighted by Crippen LogP contribution is -2.60. The number of rotatable bonds is 8. The highest BCUT2D eigenvalue weighted by atomic mass is 35.5. The van der Waals surface area contributed by atoms with Crippen molar-refractivity contribution in [1.82, 2.24) is 14.9 Å². The van der Waals surface area contributed by atoms with Crippen molar-refractivity contribution < 1.29 is 27.4 Å². The zero-order chi connectivity index (χ0) is 31.1. The third-order valence-corrected chi connectivity index (χ3v) is 10.1. The molecule has 1 unspecified atom stereocenters. The van der Waals surface area contributed by atoms with Gasteiger partial charge in [-0.1, -0.05) is 11.6 Å². The van der Waals surface area contributed by atoms with Crippen LogP contribution in [-0.2, 0) is 20.4 Å². The monoisotopic (exact) mass is 635 g/mol. The molecule has 1 amide bonds. The van der Waals surface area contributed by atoms with Crippen LogP contribution in [0.1, 0.15) is 11.1 Å². The Balaban J connectivity index is 1.55. The summed E-state index contributed by atoms with van der Waals surface area (Å²) >= 11 is 6.57. The van der Waals surface area contributed by atoms with E-state index in [0.29, 0.717) is 48.1 Å². The average molecular weight is 636 g/mol. The minimum Gasteiger partial charge on any atom is -0.497 e. The van der Waals surface area contributed by atoms with Crippen LogP contribution < -0.4 is 23.4 Å². The van der Waals surface area contributed by atoms with Crippen molar-refractivity contribution in [1.29, 1.82) is 0 Å². The first-order chi connectivity index (χ1) is 21.3. The number of ether oxygens (including phenoxy) is 3. The van der Waals surface area contributed by atoms with Gasteiger partial charge in [0.1, 0.15) is 16.4 Å². The number of piperazine rings is 1. The maximum absolute atomic E-state index is 15.1. The number of methoxy groups -OCH3 is 3. The summed E-state index contributed by atoms with van der Waals surface area (Å²) in [5.41, 5.74) is 0.378. The quantitative estimate of drug-likeness (QED) is 0.282. The first kappa shape index (κ1) is 29.7. The smallest absolute Gasteiger partial charge is 0.274 e. The molecule has 2 aromatic carbocycles. The predicted octanol–water partition coefficient (Wildman–Crippen LogP) is 3.96.